The van der Waals surface area contributed by atoms with Crippen LogP contribution in [0.5, 0.6) is 0 Å². The number of nitrogens with zero attached hydrogens (tertiary/aromatic N) is 3. The first-order valence-electron chi connectivity index (χ1n) is 12.7. The summed E-state index contributed by atoms with van der Waals surface area (Å²) in [5, 5.41) is 6.39. The van der Waals surface area contributed by atoms with Crippen LogP contribution in [0.3, 0.4) is 0 Å². The summed E-state index contributed by atoms with van der Waals surface area (Å²) >= 11 is 7.52. The van der Waals surface area contributed by atoms with Crippen LogP contribution in [0, 0.1) is 22.2 Å². The maximum Gasteiger partial charge on any atom is 0.336 e. The Morgan fingerprint density at radius 1 is 1.05 bits per heavy atom. The third-order valence-corrected chi connectivity index (χ3v) is 8.37. The molecule has 2 fully saturated rings. The zero-order valence-corrected chi connectivity index (χ0v) is 24.2. The summed E-state index contributed by atoms with van der Waals surface area (Å²) in [7, 11) is 1.53. The third kappa shape index (κ3) is 4.61. The van der Waals surface area contributed by atoms with Crippen molar-refractivity contribution in [2.24, 2.45) is 13.0 Å². The van der Waals surface area contributed by atoms with E-state index in [0.29, 0.717) is 28.0 Å². The Morgan fingerprint density at radius 3 is 2.46 bits per heavy atom. The van der Waals surface area contributed by atoms with E-state index in [1.165, 1.54) is 26.8 Å². The molecule has 0 bridgehead atoms. The third-order valence-electron chi connectivity index (χ3n) is 7.26. The fourth-order valence-corrected chi connectivity index (χ4v) is 5.69. The van der Waals surface area contributed by atoms with Gasteiger partial charge in [0.05, 0.1) is 21.9 Å². The molecule has 2 aliphatic rings. The fourth-order valence-electron chi connectivity index (χ4n) is 4.89. The summed E-state index contributed by atoms with van der Waals surface area (Å²) < 4.78 is 19.6. The SMILES string of the molecule is Cc1c(=O)n(C)c(Nc2ccc(I)cc2F)c2c(=O)n(C3CC3)c(=O)n(-c3cccc(NC(=S)C4CC4)c3)c12. The second-order valence-electron chi connectivity index (χ2n) is 10.1. The Hall–Kier alpha value is -3.32. The van der Waals surface area contributed by atoms with E-state index in [2.05, 4.69) is 10.6 Å². The first kappa shape index (κ1) is 25.9. The van der Waals surface area contributed by atoms with Crippen LogP contribution in [0.2, 0.25) is 0 Å². The minimum Gasteiger partial charge on any atom is -0.350 e. The van der Waals surface area contributed by atoms with Gasteiger partial charge in [0.15, 0.2) is 0 Å². The van der Waals surface area contributed by atoms with E-state index in [1.54, 1.807) is 37.3 Å². The zero-order valence-electron chi connectivity index (χ0n) is 21.3. The second-order valence-corrected chi connectivity index (χ2v) is 11.8. The van der Waals surface area contributed by atoms with Crippen molar-refractivity contribution in [3.8, 4) is 5.69 Å². The topological polar surface area (TPSA) is 90.1 Å². The molecule has 0 spiro atoms. The van der Waals surface area contributed by atoms with E-state index in [9.17, 15) is 18.8 Å². The van der Waals surface area contributed by atoms with Gasteiger partial charge in [0.1, 0.15) is 17.0 Å². The van der Waals surface area contributed by atoms with Crippen LogP contribution >= 0.6 is 34.8 Å². The van der Waals surface area contributed by atoms with Crippen LogP contribution in [-0.4, -0.2) is 18.7 Å². The molecule has 4 aromatic rings. The Balaban J connectivity index is 1.65. The summed E-state index contributed by atoms with van der Waals surface area (Å²) in [6, 6.07) is 11.6. The number of thiocarbonyl (C=S) groups is 1. The molecule has 39 heavy (non-hydrogen) atoms. The molecular formula is C28H25FIN5O3S. The van der Waals surface area contributed by atoms with Crippen LogP contribution in [0.4, 0.5) is 21.6 Å². The van der Waals surface area contributed by atoms with Crippen molar-refractivity contribution >= 4 is 67.9 Å². The van der Waals surface area contributed by atoms with E-state index in [1.807, 2.05) is 28.7 Å². The van der Waals surface area contributed by atoms with Gasteiger partial charge in [0.25, 0.3) is 11.1 Å². The molecule has 8 nitrogen and oxygen atoms in total. The smallest absolute Gasteiger partial charge is 0.336 e. The maximum absolute atomic E-state index is 14.9. The number of anilines is 3. The van der Waals surface area contributed by atoms with Crippen molar-refractivity contribution in [3.05, 3.63) is 88.6 Å². The van der Waals surface area contributed by atoms with Gasteiger partial charge in [-0.25, -0.2) is 9.18 Å². The van der Waals surface area contributed by atoms with E-state index < -0.39 is 22.6 Å². The Bertz CT molecular complexity index is 1870. The molecule has 0 amide bonds. The highest BCUT2D eigenvalue weighted by Crippen LogP contribution is 2.35. The lowest BCUT2D eigenvalue weighted by molar-refractivity contribution is 0.630. The fraction of sp³-hybridized carbons (Fsp3) is 0.286. The molecule has 200 valence electrons. The molecule has 0 radical (unpaired) electrons. The van der Waals surface area contributed by atoms with Gasteiger partial charge in [-0.3, -0.25) is 23.3 Å². The molecule has 0 saturated heterocycles. The van der Waals surface area contributed by atoms with Crippen molar-refractivity contribution in [2.75, 3.05) is 10.6 Å². The monoisotopic (exact) mass is 657 g/mol. The normalized spacial score (nSPS) is 15.0. The summed E-state index contributed by atoms with van der Waals surface area (Å²) in [6.07, 6.45) is 3.52. The first-order valence-corrected chi connectivity index (χ1v) is 14.2. The van der Waals surface area contributed by atoms with E-state index >= 15 is 0 Å². The van der Waals surface area contributed by atoms with Gasteiger partial charge >= 0.3 is 5.69 Å². The van der Waals surface area contributed by atoms with Crippen molar-refractivity contribution in [1.82, 2.24) is 13.7 Å². The first-order chi connectivity index (χ1) is 18.7. The molecule has 0 unspecified atom stereocenters. The standard InChI is InChI=1S/C28H25FIN5O3S/c1-14-23-22(24(33(2)26(14)36)32-21-11-8-16(30)12-20(21)29)27(37)35(18-9-10-18)28(38)34(23)19-5-3-4-17(13-19)31-25(39)15-6-7-15/h3-5,8,11-13,15,18,32H,6-7,9-10H2,1-2H3,(H,31,39). The number of aryl methyl sites for hydroxylation is 1. The Labute approximate surface area is 241 Å². The number of nitrogens with one attached hydrogen (secondary N) is 2. The van der Waals surface area contributed by atoms with Crippen LogP contribution < -0.4 is 27.4 Å². The summed E-state index contributed by atoms with van der Waals surface area (Å²) in [5.74, 6) is -0.0353. The average Bonchev–Trinajstić information content (AvgIpc) is 3.80. The summed E-state index contributed by atoms with van der Waals surface area (Å²) in [6.45, 7) is 1.60. The zero-order chi connectivity index (χ0) is 27.6. The molecule has 2 aromatic carbocycles. The molecule has 2 aromatic heterocycles. The number of fused-ring (bicyclic) bond motifs is 1. The highest BCUT2D eigenvalue weighted by molar-refractivity contribution is 14.1. The molecule has 2 saturated carbocycles. The van der Waals surface area contributed by atoms with Gasteiger partial charge in [0.2, 0.25) is 0 Å². The van der Waals surface area contributed by atoms with Gasteiger partial charge in [-0.2, -0.15) is 0 Å². The Kier molecular flexibility index (Phi) is 6.45. The van der Waals surface area contributed by atoms with Gasteiger partial charge in [-0.15, -0.1) is 0 Å². The van der Waals surface area contributed by atoms with Crippen molar-refractivity contribution in [2.45, 2.75) is 38.6 Å². The summed E-state index contributed by atoms with van der Waals surface area (Å²) in [5.41, 5.74) is 0.331. The van der Waals surface area contributed by atoms with Crippen molar-refractivity contribution < 1.29 is 4.39 Å². The lowest BCUT2D eigenvalue weighted by atomic mass is 10.1. The van der Waals surface area contributed by atoms with Crippen LogP contribution in [0.25, 0.3) is 16.6 Å². The number of rotatable bonds is 6. The number of pyridine rings is 1. The average molecular weight is 658 g/mol. The molecule has 2 heterocycles. The van der Waals surface area contributed by atoms with Crippen molar-refractivity contribution in [3.63, 3.8) is 0 Å². The molecule has 0 atom stereocenters. The lowest BCUT2D eigenvalue weighted by Gasteiger charge is -2.21. The number of halogens is 2. The number of aromatic nitrogens is 3. The lowest BCUT2D eigenvalue weighted by Crippen LogP contribution is -2.41. The van der Waals surface area contributed by atoms with E-state index in [4.69, 9.17) is 12.2 Å². The van der Waals surface area contributed by atoms with Crippen molar-refractivity contribution in [1.29, 1.82) is 0 Å². The van der Waals surface area contributed by atoms with Crippen LogP contribution in [0.15, 0.2) is 56.8 Å². The second kappa shape index (κ2) is 9.70. The number of hydrogen-bond donors (Lipinski definition) is 2. The minimum atomic E-state index is -0.524. The molecule has 11 heteroatoms. The van der Waals surface area contributed by atoms with Gasteiger partial charge < -0.3 is 10.6 Å². The van der Waals surface area contributed by atoms with E-state index in [-0.39, 0.29) is 34.0 Å². The van der Waals surface area contributed by atoms with Crippen LogP contribution in [0.1, 0.15) is 37.3 Å². The predicted octanol–water partition coefficient (Wildman–Crippen LogP) is 5.13. The maximum atomic E-state index is 14.9. The molecule has 2 aliphatic carbocycles. The van der Waals surface area contributed by atoms with E-state index in [0.717, 1.165) is 23.5 Å². The Morgan fingerprint density at radius 2 is 1.79 bits per heavy atom. The quantitative estimate of drug-likeness (QED) is 0.221. The number of benzene rings is 2. The highest BCUT2D eigenvalue weighted by Gasteiger charge is 2.32. The summed E-state index contributed by atoms with van der Waals surface area (Å²) in [4.78, 5) is 42.1. The molecule has 6 rings (SSSR count). The molecular weight excluding hydrogens is 632 g/mol. The van der Waals surface area contributed by atoms with Gasteiger partial charge in [-0.05, 0) is 91.6 Å². The highest BCUT2D eigenvalue weighted by atomic mass is 127. The molecule has 0 aliphatic heterocycles. The minimum absolute atomic E-state index is 0.116. The predicted molar refractivity (Wildman–Crippen MR) is 163 cm³/mol. The largest absolute Gasteiger partial charge is 0.350 e. The van der Waals surface area contributed by atoms with Crippen LogP contribution in [-0.2, 0) is 7.05 Å². The van der Waals surface area contributed by atoms with Gasteiger partial charge in [-0.1, -0.05) is 18.3 Å². The number of hydrogen-bond acceptors (Lipinski definition) is 5. The van der Waals surface area contributed by atoms with Gasteiger partial charge in [0, 0.05) is 33.8 Å². The molecule has 2 N–H and O–H groups in total.